The van der Waals surface area contributed by atoms with Gasteiger partial charge in [-0.2, -0.15) is 0 Å². The van der Waals surface area contributed by atoms with Crippen LogP contribution in [0.25, 0.3) is 0 Å². The molecule has 0 aromatic heterocycles. The molecule has 3 aromatic rings. The molecule has 0 amide bonds. The van der Waals surface area contributed by atoms with Gasteiger partial charge in [-0.05, 0) is 47.8 Å². The summed E-state index contributed by atoms with van der Waals surface area (Å²) in [6.07, 6.45) is 0. The lowest BCUT2D eigenvalue weighted by Gasteiger charge is -2.24. The zero-order valence-corrected chi connectivity index (χ0v) is 15.4. The number of non-ortho nitro benzene ring substituents is 1. The predicted molar refractivity (Wildman–Crippen MR) is 106 cm³/mol. The van der Waals surface area contributed by atoms with Gasteiger partial charge in [-0.15, -0.1) is 0 Å². The Morgan fingerprint density at radius 1 is 1.07 bits per heavy atom. The summed E-state index contributed by atoms with van der Waals surface area (Å²) in [5.41, 5.74) is 1.29. The number of hydrogen-bond acceptors (Lipinski definition) is 6. The Balaban J connectivity index is 1.96. The lowest BCUT2D eigenvalue weighted by atomic mass is 10.2. The van der Waals surface area contributed by atoms with Crippen LogP contribution < -0.4 is 9.04 Å². The van der Waals surface area contributed by atoms with Crippen LogP contribution >= 0.6 is 11.9 Å². The monoisotopic (exact) mass is 382 g/mol. The van der Waals surface area contributed by atoms with E-state index in [0.29, 0.717) is 12.2 Å². The van der Waals surface area contributed by atoms with E-state index in [2.05, 4.69) is 0 Å². The molecule has 138 valence electrons. The molecule has 0 bridgehead atoms. The van der Waals surface area contributed by atoms with E-state index in [1.165, 1.54) is 30.1 Å². The molecular formula is C20H18N2O4S. The van der Waals surface area contributed by atoms with E-state index in [1.807, 2.05) is 58.9 Å². The number of rotatable bonds is 7. The second kappa shape index (κ2) is 8.46. The molecule has 0 saturated carbocycles. The number of nitro groups is 1. The van der Waals surface area contributed by atoms with Crippen molar-refractivity contribution in [2.24, 2.45) is 0 Å². The first-order valence-electron chi connectivity index (χ1n) is 8.17. The van der Waals surface area contributed by atoms with Crippen molar-refractivity contribution in [3.63, 3.8) is 0 Å². The number of methoxy groups -OCH3 is 1. The van der Waals surface area contributed by atoms with Crippen LogP contribution in [-0.4, -0.2) is 17.1 Å². The molecule has 3 rings (SSSR count). The SMILES string of the molecule is COc1ccc(CN(Sc2ccccc2)c2cc([N+](=O)[O-])ccc2O)cc1. The van der Waals surface area contributed by atoms with Gasteiger partial charge in [0, 0.05) is 17.0 Å². The molecule has 0 spiro atoms. The number of phenolic OH excluding ortho intramolecular Hbond substituents is 1. The van der Waals surface area contributed by atoms with Crippen molar-refractivity contribution in [1.29, 1.82) is 0 Å². The van der Waals surface area contributed by atoms with E-state index in [1.54, 1.807) is 7.11 Å². The van der Waals surface area contributed by atoms with Gasteiger partial charge in [-0.25, -0.2) is 0 Å². The van der Waals surface area contributed by atoms with Crippen LogP contribution in [-0.2, 0) is 6.54 Å². The average molecular weight is 382 g/mol. The smallest absolute Gasteiger partial charge is 0.271 e. The maximum Gasteiger partial charge on any atom is 0.271 e. The molecule has 0 atom stereocenters. The van der Waals surface area contributed by atoms with E-state index < -0.39 is 4.92 Å². The lowest BCUT2D eigenvalue weighted by Crippen LogP contribution is -2.14. The number of ether oxygens (including phenoxy) is 1. The number of nitro benzene ring substituents is 1. The first kappa shape index (κ1) is 18.6. The highest BCUT2D eigenvalue weighted by molar-refractivity contribution is 8.00. The Bertz CT molecular complexity index is 917. The van der Waals surface area contributed by atoms with Gasteiger partial charge in [-0.1, -0.05) is 30.3 Å². The summed E-state index contributed by atoms with van der Waals surface area (Å²) >= 11 is 1.40. The van der Waals surface area contributed by atoms with Gasteiger partial charge < -0.3 is 14.1 Å². The summed E-state index contributed by atoms with van der Waals surface area (Å²) in [5.74, 6) is 0.733. The fourth-order valence-corrected chi connectivity index (χ4v) is 3.49. The third-order valence-electron chi connectivity index (χ3n) is 3.88. The van der Waals surface area contributed by atoms with Crippen LogP contribution in [0.3, 0.4) is 0 Å². The van der Waals surface area contributed by atoms with Crippen molar-refractivity contribution < 1.29 is 14.8 Å². The van der Waals surface area contributed by atoms with Crippen LogP contribution in [0.4, 0.5) is 11.4 Å². The van der Waals surface area contributed by atoms with Crippen LogP contribution in [0, 0.1) is 10.1 Å². The minimum atomic E-state index is -0.471. The molecule has 0 saturated heterocycles. The fraction of sp³-hybridized carbons (Fsp3) is 0.100. The second-order valence-corrected chi connectivity index (χ2v) is 6.81. The van der Waals surface area contributed by atoms with Crippen LogP contribution in [0.2, 0.25) is 0 Å². The highest BCUT2D eigenvalue weighted by Crippen LogP contribution is 2.38. The summed E-state index contributed by atoms with van der Waals surface area (Å²) in [5, 5.41) is 21.5. The molecule has 3 aromatic carbocycles. The second-order valence-electron chi connectivity index (χ2n) is 5.72. The number of aromatic hydroxyl groups is 1. The molecule has 0 aliphatic heterocycles. The number of phenols is 1. The molecule has 1 N–H and O–H groups in total. The van der Waals surface area contributed by atoms with Crippen molar-refractivity contribution >= 4 is 23.3 Å². The minimum absolute atomic E-state index is 0.0162. The number of nitrogens with zero attached hydrogens (tertiary/aromatic N) is 2. The molecule has 0 radical (unpaired) electrons. The van der Waals surface area contributed by atoms with Gasteiger partial charge in [0.05, 0.1) is 24.3 Å². The van der Waals surface area contributed by atoms with Gasteiger partial charge >= 0.3 is 0 Å². The van der Waals surface area contributed by atoms with Crippen LogP contribution in [0.15, 0.2) is 77.7 Å². The molecule has 6 nitrogen and oxygen atoms in total. The van der Waals surface area contributed by atoms with Crippen molar-refractivity contribution in [2.75, 3.05) is 11.4 Å². The third-order valence-corrected chi connectivity index (χ3v) is 4.91. The molecular weight excluding hydrogens is 364 g/mol. The summed E-state index contributed by atoms with van der Waals surface area (Å²) in [6.45, 7) is 0.443. The number of anilines is 1. The summed E-state index contributed by atoms with van der Waals surface area (Å²) in [4.78, 5) is 11.6. The molecule has 0 aliphatic rings. The molecule has 27 heavy (non-hydrogen) atoms. The zero-order chi connectivity index (χ0) is 19.2. The molecule has 0 fully saturated rings. The largest absolute Gasteiger partial charge is 0.506 e. The molecule has 0 heterocycles. The maximum absolute atomic E-state index is 11.2. The first-order chi connectivity index (χ1) is 13.1. The Kier molecular flexibility index (Phi) is 5.83. The average Bonchev–Trinajstić information content (AvgIpc) is 2.69. The summed E-state index contributed by atoms with van der Waals surface area (Å²) in [6, 6.07) is 21.2. The third kappa shape index (κ3) is 4.71. The fourth-order valence-electron chi connectivity index (χ4n) is 2.50. The van der Waals surface area contributed by atoms with Crippen molar-refractivity contribution in [2.45, 2.75) is 11.4 Å². The Morgan fingerprint density at radius 3 is 2.41 bits per heavy atom. The van der Waals surface area contributed by atoms with Gasteiger partial charge in [0.1, 0.15) is 11.5 Å². The van der Waals surface area contributed by atoms with Gasteiger partial charge in [0.25, 0.3) is 5.69 Å². The summed E-state index contributed by atoms with van der Waals surface area (Å²) in [7, 11) is 1.60. The topological polar surface area (TPSA) is 75.8 Å². The van der Waals surface area contributed by atoms with E-state index in [4.69, 9.17) is 4.74 Å². The first-order valence-corrected chi connectivity index (χ1v) is 8.95. The minimum Gasteiger partial charge on any atom is -0.506 e. The Hall–Kier alpha value is -3.19. The number of benzene rings is 3. The molecule has 0 aliphatic carbocycles. The van der Waals surface area contributed by atoms with Crippen molar-refractivity contribution in [3.05, 3.63) is 88.5 Å². The van der Waals surface area contributed by atoms with Gasteiger partial charge in [0.15, 0.2) is 0 Å². The van der Waals surface area contributed by atoms with E-state index in [-0.39, 0.29) is 11.4 Å². The quantitative estimate of drug-likeness (QED) is 0.351. The highest BCUT2D eigenvalue weighted by Gasteiger charge is 2.18. The number of hydrogen-bond donors (Lipinski definition) is 1. The van der Waals surface area contributed by atoms with Crippen molar-refractivity contribution in [3.8, 4) is 11.5 Å². The van der Waals surface area contributed by atoms with Gasteiger partial charge in [-0.3, -0.25) is 10.1 Å². The Morgan fingerprint density at radius 2 is 1.78 bits per heavy atom. The lowest BCUT2D eigenvalue weighted by molar-refractivity contribution is -0.384. The van der Waals surface area contributed by atoms with Gasteiger partial charge in [0.2, 0.25) is 0 Å². The van der Waals surface area contributed by atoms with Crippen molar-refractivity contribution in [1.82, 2.24) is 0 Å². The maximum atomic E-state index is 11.2. The van der Waals surface area contributed by atoms with E-state index in [9.17, 15) is 15.2 Å². The zero-order valence-electron chi connectivity index (χ0n) is 14.6. The van der Waals surface area contributed by atoms with E-state index >= 15 is 0 Å². The van der Waals surface area contributed by atoms with Crippen LogP contribution in [0.5, 0.6) is 11.5 Å². The highest BCUT2D eigenvalue weighted by atomic mass is 32.2. The Labute approximate surface area is 161 Å². The summed E-state index contributed by atoms with van der Waals surface area (Å²) < 4.78 is 7.01. The standard InChI is InChI=1S/C20H18N2O4S/c1-26-17-10-7-15(8-11-17)14-21(27-18-5-3-2-4-6-18)19-13-16(22(24)25)9-12-20(19)23/h2-13,23H,14H2,1H3. The molecule has 7 heteroatoms. The van der Waals surface area contributed by atoms with Crippen LogP contribution in [0.1, 0.15) is 5.56 Å². The van der Waals surface area contributed by atoms with E-state index in [0.717, 1.165) is 16.2 Å². The normalized spacial score (nSPS) is 10.4. The molecule has 0 unspecified atom stereocenters. The predicted octanol–water partition coefficient (Wildman–Crippen LogP) is 5.02.